The molecule has 2 aliphatic carbocycles. The van der Waals surface area contributed by atoms with Crippen molar-refractivity contribution in [1.29, 1.82) is 0 Å². The first-order valence-corrected chi connectivity index (χ1v) is 8.57. The standard InChI is InChI=1S/C17H20O.3CH5N/c1-16(2)14-9-11-17(16,15(18)12-14)10-8-13-6-4-3-5-7-13;3*1-2/h3-8,10,14H,9,11-12H2,1-2H3;3*2H2,1H3. The normalized spacial score (nSPS) is 25.8. The second-order valence-electron chi connectivity index (χ2n) is 6.30. The zero-order valence-electron chi connectivity index (χ0n) is 15.9. The van der Waals surface area contributed by atoms with Gasteiger partial charge in [-0.3, -0.25) is 4.79 Å². The molecule has 1 aromatic carbocycles. The van der Waals surface area contributed by atoms with Crippen molar-refractivity contribution >= 4 is 11.9 Å². The second-order valence-corrected chi connectivity index (χ2v) is 6.30. The minimum Gasteiger partial charge on any atom is -0.333 e. The van der Waals surface area contributed by atoms with E-state index in [0.717, 1.165) is 12.8 Å². The van der Waals surface area contributed by atoms with Gasteiger partial charge in [0.25, 0.3) is 0 Å². The molecule has 0 heterocycles. The van der Waals surface area contributed by atoms with E-state index in [4.69, 9.17) is 0 Å². The zero-order chi connectivity index (χ0) is 18.8. The van der Waals surface area contributed by atoms with Crippen molar-refractivity contribution < 1.29 is 4.79 Å². The number of nitrogens with two attached hydrogens (primary N) is 3. The number of allylic oxidation sites excluding steroid dienone is 1. The highest BCUT2D eigenvalue weighted by atomic mass is 16.1. The van der Waals surface area contributed by atoms with E-state index >= 15 is 0 Å². The Hall–Kier alpha value is -1.49. The van der Waals surface area contributed by atoms with Crippen LogP contribution in [0.25, 0.3) is 6.08 Å². The first-order valence-electron chi connectivity index (χ1n) is 8.57. The van der Waals surface area contributed by atoms with E-state index in [-0.39, 0.29) is 10.8 Å². The van der Waals surface area contributed by atoms with Crippen LogP contribution in [0.4, 0.5) is 0 Å². The molecule has 0 spiro atoms. The number of carbonyl (C=O) groups is 1. The quantitative estimate of drug-likeness (QED) is 0.775. The monoisotopic (exact) mass is 333 g/mol. The molecule has 0 aliphatic heterocycles. The lowest BCUT2D eigenvalue weighted by atomic mass is 9.68. The summed E-state index contributed by atoms with van der Waals surface area (Å²) in [6.45, 7) is 4.54. The van der Waals surface area contributed by atoms with Gasteiger partial charge in [-0.2, -0.15) is 0 Å². The first-order chi connectivity index (χ1) is 11.6. The van der Waals surface area contributed by atoms with Crippen LogP contribution < -0.4 is 17.2 Å². The van der Waals surface area contributed by atoms with Crippen LogP contribution in [0.1, 0.15) is 38.7 Å². The van der Waals surface area contributed by atoms with Crippen LogP contribution >= 0.6 is 0 Å². The van der Waals surface area contributed by atoms with Crippen LogP contribution in [0.15, 0.2) is 36.4 Å². The molecule has 3 rings (SSSR count). The fraction of sp³-hybridized carbons (Fsp3) is 0.550. The van der Waals surface area contributed by atoms with E-state index in [9.17, 15) is 4.79 Å². The minimum absolute atomic E-state index is 0.134. The van der Waals surface area contributed by atoms with Crippen molar-refractivity contribution in [3.63, 3.8) is 0 Å². The maximum atomic E-state index is 12.3. The van der Waals surface area contributed by atoms with Crippen molar-refractivity contribution in [3.05, 3.63) is 42.0 Å². The largest absolute Gasteiger partial charge is 0.333 e. The Kier molecular flexibility index (Phi) is 9.75. The molecule has 2 aliphatic rings. The summed E-state index contributed by atoms with van der Waals surface area (Å²) in [7, 11) is 4.50. The van der Waals surface area contributed by atoms with Crippen LogP contribution in [-0.4, -0.2) is 26.9 Å². The summed E-state index contributed by atoms with van der Waals surface area (Å²) in [6.07, 6.45) is 7.35. The summed E-state index contributed by atoms with van der Waals surface area (Å²) < 4.78 is 0. The highest BCUT2D eigenvalue weighted by Crippen LogP contribution is 2.64. The predicted octanol–water partition coefficient (Wildman–Crippen LogP) is 2.82. The Morgan fingerprint density at radius 2 is 1.54 bits per heavy atom. The molecule has 0 amide bonds. The third-order valence-corrected chi connectivity index (χ3v) is 5.35. The SMILES string of the molecule is CC1(C)C2CCC1(C=Cc1ccccc1)C(=O)C2.CN.CN.CN. The van der Waals surface area contributed by atoms with Gasteiger partial charge in [0.2, 0.25) is 0 Å². The maximum Gasteiger partial charge on any atom is 0.143 e. The number of Topliss-reactive ketones (excluding diaryl/α,β-unsaturated/α-hetero) is 1. The third-order valence-electron chi connectivity index (χ3n) is 5.35. The smallest absolute Gasteiger partial charge is 0.143 e. The first kappa shape index (κ1) is 22.5. The Morgan fingerprint density at radius 1 is 1.00 bits per heavy atom. The maximum absolute atomic E-state index is 12.3. The predicted molar refractivity (Wildman–Crippen MR) is 104 cm³/mol. The highest BCUT2D eigenvalue weighted by Gasteiger charge is 2.62. The van der Waals surface area contributed by atoms with Gasteiger partial charge >= 0.3 is 0 Å². The lowest BCUT2D eigenvalue weighted by Gasteiger charge is -2.33. The molecule has 2 fully saturated rings. The molecule has 2 bridgehead atoms. The number of ketones is 1. The fourth-order valence-electron chi connectivity index (χ4n) is 3.90. The van der Waals surface area contributed by atoms with Gasteiger partial charge in [-0.05, 0) is 50.9 Å². The molecule has 2 unspecified atom stereocenters. The lowest BCUT2D eigenvalue weighted by molar-refractivity contribution is -0.126. The molecular weight excluding hydrogens is 298 g/mol. The molecular formula is C20H35N3O. The zero-order valence-corrected chi connectivity index (χ0v) is 15.9. The van der Waals surface area contributed by atoms with E-state index in [0.29, 0.717) is 11.7 Å². The molecule has 24 heavy (non-hydrogen) atoms. The van der Waals surface area contributed by atoms with Gasteiger partial charge in [-0.1, -0.05) is 56.3 Å². The Labute approximate surface area is 147 Å². The molecule has 0 saturated heterocycles. The number of benzene rings is 1. The topological polar surface area (TPSA) is 95.1 Å². The van der Waals surface area contributed by atoms with Crippen molar-refractivity contribution in [2.24, 2.45) is 33.9 Å². The van der Waals surface area contributed by atoms with E-state index in [1.807, 2.05) is 18.2 Å². The second kappa shape index (κ2) is 10.4. The van der Waals surface area contributed by atoms with Gasteiger partial charge in [0, 0.05) is 6.42 Å². The third kappa shape index (κ3) is 4.12. The molecule has 4 nitrogen and oxygen atoms in total. The average Bonchev–Trinajstić information content (AvgIpc) is 3.01. The van der Waals surface area contributed by atoms with Gasteiger partial charge in [-0.25, -0.2) is 0 Å². The summed E-state index contributed by atoms with van der Waals surface area (Å²) >= 11 is 0. The van der Waals surface area contributed by atoms with Crippen LogP contribution in [0, 0.1) is 16.7 Å². The summed E-state index contributed by atoms with van der Waals surface area (Å²) in [5.74, 6) is 1.04. The molecule has 0 aromatic heterocycles. The summed E-state index contributed by atoms with van der Waals surface area (Å²) in [5.41, 5.74) is 14.6. The van der Waals surface area contributed by atoms with E-state index in [1.54, 1.807) is 0 Å². The molecule has 2 atom stereocenters. The van der Waals surface area contributed by atoms with E-state index in [2.05, 4.69) is 55.3 Å². The van der Waals surface area contributed by atoms with Crippen molar-refractivity contribution in [3.8, 4) is 0 Å². The van der Waals surface area contributed by atoms with Gasteiger partial charge < -0.3 is 17.2 Å². The molecule has 2 saturated carbocycles. The number of hydrogen-bond donors (Lipinski definition) is 3. The lowest BCUT2D eigenvalue weighted by Crippen LogP contribution is -2.33. The van der Waals surface area contributed by atoms with Crippen molar-refractivity contribution in [2.75, 3.05) is 21.1 Å². The average molecular weight is 334 g/mol. The van der Waals surface area contributed by atoms with Crippen LogP contribution in [0.3, 0.4) is 0 Å². The molecule has 0 radical (unpaired) electrons. The Morgan fingerprint density at radius 3 is 1.96 bits per heavy atom. The molecule has 136 valence electrons. The molecule has 4 heteroatoms. The number of fused-ring (bicyclic) bond motifs is 2. The van der Waals surface area contributed by atoms with E-state index < -0.39 is 0 Å². The van der Waals surface area contributed by atoms with Gasteiger partial charge in [-0.15, -0.1) is 0 Å². The Bertz CT molecular complexity index is 511. The number of hydrogen-bond acceptors (Lipinski definition) is 4. The van der Waals surface area contributed by atoms with Gasteiger partial charge in [0.1, 0.15) is 5.78 Å². The fourth-order valence-corrected chi connectivity index (χ4v) is 3.90. The van der Waals surface area contributed by atoms with Crippen molar-refractivity contribution in [2.45, 2.75) is 33.1 Å². The van der Waals surface area contributed by atoms with Gasteiger partial charge in [0.15, 0.2) is 0 Å². The van der Waals surface area contributed by atoms with Crippen molar-refractivity contribution in [1.82, 2.24) is 0 Å². The Balaban J connectivity index is 0.000000798. The van der Waals surface area contributed by atoms with Crippen LogP contribution in [0.5, 0.6) is 0 Å². The summed E-state index contributed by atoms with van der Waals surface area (Å²) in [4.78, 5) is 12.3. The van der Waals surface area contributed by atoms with E-state index in [1.165, 1.54) is 33.1 Å². The highest BCUT2D eigenvalue weighted by molar-refractivity contribution is 5.92. The number of rotatable bonds is 2. The van der Waals surface area contributed by atoms with Crippen LogP contribution in [0.2, 0.25) is 0 Å². The molecule has 6 N–H and O–H groups in total. The number of carbonyl (C=O) groups excluding carboxylic acids is 1. The molecule has 1 aromatic rings. The van der Waals surface area contributed by atoms with Gasteiger partial charge in [0.05, 0.1) is 5.41 Å². The van der Waals surface area contributed by atoms with Crippen LogP contribution in [-0.2, 0) is 4.79 Å². The summed E-state index contributed by atoms with van der Waals surface area (Å²) in [6, 6.07) is 10.3. The summed E-state index contributed by atoms with van der Waals surface area (Å²) in [5, 5.41) is 0. The minimum atomic E-state index is -0.201.